The Morgan fingerprint density at radius 2 is 2.05 bits per heavy atom. The zero-order chi connectivity index (χ0) is 15.4. The summed E-state index contributed by atoms with van der Waals surface area (Å²) >= 11 is 5.79. The summed E-state index contributed by atoms with van der Waals surface area (Å²) in [5.74, 6) is -2.98. The molecule has 0 saturated carbocycles. The first-order chi connectivity index (χ1) is 9.29. The number of Topliss-reactive ketones (excluding diaryl/α,β-unsaturated/α-hetero) is 1. The third kappa shape index (κ3) is 3.10. The molecule has 1 aromatic carbocycles. The average molecular weight is 296 g/mol. The number of nitrogens with zero attached hydrogens (tertiary/aromatic N) is 3. The van der Waals surface area contributed by atoms with Crippen LogP contribution in [0.15, 0.2) is 18.2 Å². The number of nitriles is 1. The highest BCUT2D eigenvalue weighted by atomic mass is 35.5. The van der Waals surface area contributed by atoms with E-state index in [1.165, 1.54) is 14.1 Å². The lowest BCUT2D eigenvalue weighted by Gasteiger charge is -2.14. The normalized spacial score (nSPS) is 11.3. The predicted octanol–water partition coefficient (Wildman–Crippen LogP) is 1.66. The molecule has 0 aliphatic heterocycles. The van der Waals surface area contributed by atoms with E-state index in [1.54, 1.807) is 6.07 Å². The van der Waals surface area contributed by atoms with Gasteiger partial charge in [-0.3, -0.25) is 19.7 Å². The summed E-state index contributed by atoms with van der Waals surface area (Å²) in [6.07, 6.45) is 0. The van der Waals surface area contributed by atoms with E-state index in [9.17, 15) is 19.7 Å². The Morgan fingerprint density at radius 1 is 1.45 bits per heavy atom. The molecule has 1 amide bonds. The number of nitro groups is 1. The number of carbonyl (C=O) groups excluding carboxylic acids is 2. The van der Waals surface area contributed by atoms with Crippen LogP contribution in [0.1, 0.15) is 10.4 Å². The van der Waals surface area contributed by atoms with Gasteiger partial charge in [-0.2, -0.15) is 5.26 Å². The van der Waals surface area contributed by atoms with Crippen molar-refractivity contribution in [3.63, 3.8) is 0 Å². The van der Waals surface area contributed by atoms with Gasteiger partial charge in [-0.05, 0) is 6.07 Å². The summed E-state index contributed by atoms with van der Waals surface area (Å²) in [6, 6.07) is 4.84. The Bertz CT molecular complexity index is 622. The van der Waals surface area contributed by atoms with Gasteiger partial charge in [0.15, 0.2) is 11.7 Å². The summed E-state index contributed by atoms with van der Waals surface area (Å²) < 4.78 is 0. The molecule has 0 aliphatic carbocycles. The van der Waals surface area contributed by atoms with Gasteiger partial charge < -0.3 is 4.90 Å². The van der Waals surface area contributed by atoms with Crippen molar-refractivity contribution in [1.82, 2.24) is 4.90 Å². The Morgan fingerprint density at radius 3 is 2.45 bits per heavy atom. The van der Waals surface area contributed by atoms with E-state index in [1.807, 2.05) is 0 Å². The SMILES string of the molecule is CN(C)C(=O)C(C#N)C(=O)c1ccc([N+](=O)[O-])cc1Cl. The number of non-ortho nitro benzene ring substituents is 1. The maximum atomic E-state index is 12.1. The Kier molecular flexibility index (Phi) is 4.78. The standard InChI is InChI=1S/C12H10ClN3O4/c1-15(2)12(18)9(6-14)11(17)8-4-3-7(16(19)20)5-10(8)13/h3-5,9H,1-2H3. The smallest absolute Gasteiger partial charge is 0.270 e. The minimum absolute atomic E-state index is 0.0981. The van der Waals surface area contributed by atoms with Crippen molar-refractivity contribution in [3.05, 3.63) is 38.9 Å². The number of halogens is 1. The van der Waals surface area contributed by atoms with Crippen molar-refractivity contribution in [2.45, 2.75) is 0 Å². The van der Waals surface area contributed by atoms with E-state index < -0.39 is 22.5 Å². The largest absolute Gasteiger partial charge is 0.347 e. The van der Waals surface area contributed by atoms with E-state index in [0.717, 1.165) is 23.1 Å². The highest BCUT2D eigenvalue weighted by Crippen LogP contribution is 2.25. The molecule has 104 valence electrons. The van der Waals surface area contributed by atoms with Crippen LogP contribution in [-0.2, 0) is 4.79 Å². The minimum atomic E-state index is -1.52. The lowest BCUT2D eigenvalue weighted by molar-refractivity contribution is -0.384. The molecule has 1 rings (SSSR count). The van der Waals surface area contributed by atoms with Crippen LogP contribution in [0.4, 0.5) is 5.69 Å². The molecule has 0 spiro atoms. The molecule has 20 heavy (non-hydrogen) atoms. The molecular weight excluding hydrogens is 286 g/mol. The number of nitro benzene ring substituents is 1. The maximum absolute atomic E-state index is 12.1. The summed E-state index contributed by atoms with van der Waals surface area (Å²) in [5.41, 5.74) is -0.377. The number of carbonyl (C=O) groups is 2. The van der Waals surface area contributed by atoms with Crippen LogP contribution in [-0.4, -0.2) is 35.6 Å². The number of rotatable bonds is 4. The molecule has 1 aromatic rings. The molecule has 8 heteroatoms. The number of hydrogen-bond donors (Lipinski definition) is 0. The molecule has 0 fully saturated rings. The van der Waals surface area contributed by atoms with Crippen molar-refractivity contribution in [1.29, 1.82) is 5.26 Å². The summed E-state index contributed by atoms with van der Waals surface area (Å²) in [6.45, 7) is 0. The Labute approximate surface area is 119 Å². The highest BCUT2D eigenvalue weighted by molar-refractivity contribution is 6.35. The van der Waals surface area contributed by atoms with Gasteiger partial charge in [0.25, 0.3) is 5.69 Å². The van der Waals surface area contributed by atoms with Gasteiger partial charge in [0.1, 0.15) is 0 Å². The monoisotopic (exact) mass is 295 g/mol. The number of hydrogen-bond acceptors (Lipinski definition) is 5. The van der Waals surface area contributed by atoms with Crippen LogP contribution < -0.4 is 0 Å². The third-order valence-electron chi connectivity index (χ3n) is 2.51. The lowest BCUT2D eigenvalue weighted by Crippen LogP contribution is -2.33. The van der Waals surface area contributed by atoms with Crippen molar-refractivity contribution >= 4 is 29.0 Å². The first-order valence-electron chi connectivity index (χ1n) is 5.38. The van der Waals surface area contributed by atoms with Crippen molar-refractivity contribution in [2.24, 2.45) is 5.92 Å². The van der Waals surface area contributed by atoms with Crippen LogP contribution >= 0.6 is 11.6 Å². The molecule has 0 heterocycles. The van der Waals surface area contributed by atoms with E-state index in [-0.39, 0.29) is 16.3 Å². The average Bonchev–Trinajstić information content (AvgIpc) is 2.38. The highest BCUT2D eigenvalue weighted by Gasteiger charge is 2.30. The van der Waals surface area contributed by atoms with E-state index in [4.69, 9.17) is 16.9 Å². The first kappa shape index (κ1) is 15.6. The van der Waals surface area contributed by atoms with Gasteiger partial charge in [-0.15, -0.1) is 0 Å². The molecule has 1 atom stereocenters. The fourth-order valence-electron chi connectivity index (χ4n) is 1.46. The second-order valence-electron chi connectivity index (χ2n) is 4.08. The summed E-state index contributed by atoms with van der Waals surface area (Å²) in [7, 11) is 2.83. The van der Waals surface area contributed by atoms with E-state index in [0.29, 0.717) is 0 Å². The molecule has 0 saturated heterocycles. The van der Waals surface area contributed by atoms with Crippen LogP contribution in [0, 0.1) is 27.4 Å². The van der Waals surface area contributed by atoms with Gasteiger partial charge in [-0.25, -0.2) is 0 Å². The van der Waals surface area contributed by atoms with Gasteiger partial charge in [0.2, 0.25) is 5.91 Å². The molecular formula is C12H10ClN3O4. The predicted molar refractivity (Wildman–Crippen MR) is 70.2 cm³/mol. The topological polar surface area (TPSA) is 104 Å². The van der Waals surface area contributed by atoms with Crippen LogP contribution in [0.3, 0.4) is 0 Å². The minimum Gasteiger partial charge on any atom is -0.347 e. The quantitative estimate of drug-likeness (QED) is 0.363. The fraction of sp³-hybridized carbons (Fsp3) is 0.250. The summed E-state index contributed by atoms with van der Waals surface area (Å²) in [4.78, 5) is 34.8. The molecule has 7 nitrogen and oxygen atoms in total. The second kappa shape index (κ2) is 6.12. The van der Waals surface area contributed by atoms with Crippen LogP contribution in [0.25, 0.3) is 0 Å². The zero-order valence-electron chi connectivity index (χ0n) is 10.7. The van der Waals surface area contributed by atoms with Gasteiger partial charge in [0.05, 0.1) is 16.0 Å². The maximum Gasteiger partial charge on any atom is 0.270 e. The second-order valence-corrected chi connectivity index (χ2v) is 4.49. The van der Waals surface area contributed by atoms with Crippen molar-refractivity contribution in [2.75, 3.05) is 14.1 Å². The molecule has 0 aromatic heterocycles. The van der Waals surface area contributed by atoms with Gasteiger partial charge in [-0.1, -0.05) is 11.6 Å². The Balaban J connectivity index is 3.18. The molecule has 0 bridgehead atoms. The lowest BCUT2D eigenvalue weighted by atomic mass is 9.97. The fourth-order valence-corrected chi connectivity index (χ4v) is 1.73. The number of benzene rings is 1. The number of ketones is 1. The molecule has 1 unspecified atom stereocenters. The molecule has 0 aliphatic rings. The summed E-state index contributed by atoms with van der Waals surface area (Å²) in [5, 5.41) is 19.3. The van der Waals surface area contributed by atoms with Crippen molar-refractivity contribution < 1.29 is 14.5 Å². The molecule has 0 radical (unpaired) electrons. The van der Waals surface area contributed by atoms with Gasteiger partial charge >= 0.3 is 0 Å². The van der Waals surface area contributed by atoms with Crippen molar-refractivity contribution in [3.8, 4) is 6.07 Å². The first-order valence-corrected chi connectivity index (χ1v) is 5.76. The zero-order valence-corrected chi connectivity index (χ0v) is 11.4. The van der Waals surface area contributed by atoms with Crippen LogP contribution in [0.2, 0.25) is 5.02 Å². The third-order valence-corrected chi connectivity index (χ3v) is 2.82. The van der Waals surface area contributed by atoms with E-state index >= 15 is 0 Å². The number of amides is 1. The van der Waals surface area contributed by atoms with Crippen LogP contribution in [0.5, 0.6) is 0 Å². The Hall–Kier alpha value is -2.46. The van der Waals surface area contributed by atoms with Gasteiger partial charge in [0, 0.05) is 31.8 Å². The van der Waals surface area contributed by atoms with E-state index in [2.05, 4.69) is 0 Å². The molecule has 0 N–H and O–H groups in total.